The first-order valence-corrected chi connectivity index (χ1v) is 7.78. The van der Waals surface area contributed by atoms with Gasteiger partial charge in [0, 0.05) is 18.5 Å². The topological polar surface area (TPSA) is 42.7 Å². The summed E-state index contributed by atoms with van der Waals surface area (Å²) in [6.07, 6.45) is 5.78. The lowest BCUT2D eigenvalue weighted by Gasteiger charge is -2.41. The fourth-order valence-electron chi connectivity index (χ4n) is 3.30. The van der Waals surface area contributed by atoms with Gasteiger partial charge in [-0.15, -0.1) is 5.10 Å². The van der Waals surface area contributed by atoms with Crippen LogP contribution in [0.4, 0.5) is 0 Å². The first-order chi connectivity index (χ1) is 9.18. The molecule has 1 fully saturated rings. The molecule has 1 heterocycles. The predicted octanol–water partition coefficient (Wildman–Crippen LogP) is 3.11. The summed E-state index contributed by atoms with van der Waals surface area (Å²) in [6, 6.07) is 0. The minimum Gasteiger partial charge on any atom is -0.312 e. The Labute approximate surface area is 123 Å². The van der Waals surface area contributed by atoms with Gasteiger partial charge < -0.3 is 5.32 Å². The van der Waals surface area contributed by atoms with E-state index < -0.39 is 0 Å². The number of aromatic nitrogens is 3. The van der Waals surface area contributed by atoms with E-state index in [9.17, 15) is 0 Å². The summed E-state index contributed by atoms with van der Waals surface area (Å²) >= 11 is 0. The van der Waals surface area contributed by atoms with E-state index in [-0.39, 0.29) is 5.54 Å². The van der Waals surface area contributed by atoms with Gasteiger partial charge in [0.25, 0.3) is 0 Å². The summed E-state index contributed by atoms with van der Waals surface area (Å²) in [5.74, 6) is 1.24. The zero-order valence-corrected chi connectivity index (χ0v) is 13.9. The van der Waals surface area contributed by atoms with Crippen LogP contribution < -0.4 is 5.32 Å². The van der Waals surface area contributed by atoms with Crippen LogP contribution in [0.15, 0.2) is 6.20 Å². The van der Waals surface area contributed by atoms with Gasteiger partial charge in [0.05, 0.1) is 11.9 Å². The first kappa shape index (κ1) is 15.5. The van der Waals surface area contributed by atoms with E-state index in [0.717, 1.165) is 6.54 Å². The largest absolute Gasteiger partial charge is 0.312 e. The zero-order valence-electron chi connectivity index (χ0n) is 13.9. The fourth-order valence-corrected chi connectivity index (χ4v) is 3.30. The molecular formula is C16H30N4. The third-order valence-electron chi connectivity index (χ3n) is 4.56. The lowest BCUT2D eigenvalue weighted by Crippen LogP contribution is -2.42. The Bertz CT molecular complexity index is 442. The molecule has 1 aromatic heterocycles. The number of nitrogens with zero attached hydrogens (tertiary/aromatic N) is 3. The predicted molar refractivity (Wildman–Crippen MR) is 82.6 cm³/mol. The molecule has 2 rings (SSSR count). The number of aryl methyl sites for hydroxylation is 1. The third-order valence-corrected chi connectivity index (χ3v) is 4.56. The van der Waals surface area contributed by atoms with Crippen molar-refractivity contribution in [1.82, 2.24) is 20.3 Å². The van der Waals surface area contributed by atoms with Crippen molar-refractivity contribution in [2.24, 2.45) is 18.4 Å². The number of hydrogen-bond acceptors (Lipinski definition) is 3. The summed E-state index contributed by atoms with van der Waals surface area (Å²) in [5.41, 5.74) is 1.90. The van der Waals surface area contributed by atoms with Crippen molar-refractivity contribution < 1.29 is 0 Å². The van der Waals surface area contributed by atoms with Gasteiger partial charge in [-0.05, 0) is 57.9 Å². The van der Waals surface area contributed by atoms with Gasteiger partial charge in [-0.2, -0.15) is 0 Å². The van der Waals surface area contributed by atoms with E-state index in [1.165, 1.54) is 25.0 Å². The maximum absolute atomic E-state index is 4.13. The molecule has 0 amide bonds. The Morgan fingerprint density at radius 3 is 2.65 bits per heavy atom. The highest BCUT2D eigenvalue weighted by Gasteiger charge is 2.37. The zero-order chi connectivity index (χ0) is 15.0. The SMILES string of the molecule is Cn1nncc1C1CC(C)(C)CCC1CNC(C)(C)C. The van der Waals surface area contributed by atoms with Gasteiger partial charge in [0.15, 0.2) is 0 Å². The molecule has 0 aliphatic heterocycles. The van der Waals surface area contributed by atoms with E-state index in [0.29, 0.717) is 17.3 Å². The third kappa shape index (κ3) is 3.81. The molecule has 4 nitrogen and oxygen atoms in total. The van der Waals surface area contributed by atoms with Crippen LogP contribution in [0.25, 0.3) is 0 Å². The summed E-state index contributed by atoms with van der Waals surface area (Å²) in [4.78, 5) is 0. The maximum atomic E-state index is 4.13. The summed E-state index contributed by atoms with van der Waals surface area (Å²) in [7, 11) is 2.01. The average molecular weight is 278 g/mol. The van der Waals surface area contributed by atoms with Crippen molar-refractivity contribution in [3.05, 3.63) is 11.9 Å². The fraction of sp³-hybridized carbons (Fsp3) is 0.875. The molecule has 0 spiro atoms. The molecule has 1 aliphatic carbocycles. The highest BCUT2D eigenvalue weighted by molar-refractivity contribution is 5.09. The molecule has 1 saturated carbocycles. The molecule has 0 bridgehead atoms. The minimum atomic E-state index is 0.183. The molecular weight excluding hydrogens is 248 g/mol. The number of hydrogen-bond donors (Lipinski definition) is 1. The molecule has 1 aromatic rings. The van der Waals surface area contributed by atoms with Crippen molar-refractivity contribution in [3.8, 4) is 0 Å². The second kappa shape index (κ2) is 5.47. The first-order valence-electron chi connectivity index (χ1n) is 7.78. The van der Waals surface area contributed by atoms with Crippen LogP contribution in [-0.2, 0) is 7.05 Å². The Morgan fingerprint density at radius 1 is 1.40 bits per heavy atom. The lowest BCUT2D eigenvalue weighted by atomic mass is 9.66. The van der Waals surface area contributed by atoms with Crippen molar-refractivity contribution >= 4 is 0 Å². The molecule has 114 valence electrons. The van der Waals surface area contributed by atoms with Crippen LogP contribution in [-0.4, -0.2) is 27.1 Å². The van der Waals surface area contributed by atoms with Gasteiger partial charge in [0.1, 0.15) is 0 Å². The molecule has 0 radical (unpaired) electrons. The minimum absolute atomic E-state index is 0.183. The maximum Gasteiger partial charge on any atom is 0.0728 e. The van der Waals surface area contributed by atoms with E-state index in [2.05, 4.69) is 50.2 Å². The van der Waals surface area contributed by atoms with Crippen molar-refractivity contribution in [2.45, 2.75) is 65.3 Å². The second-order valence-corrected chi connectivity index (χ2v) is 8.19. The molecule has 1 aliphatic rings. The normalized spacial score (nSPS) is 26.7. The molecule has 4 heteroatoms. The quantitative estimate of drug-likeness (QED) is 0.924. The van der Waals surface area contributed by atoms with Gasteiger partial charge in [0.2, 0.25) is 0 Å². The average Bonchev–Trinajstić information content (AvgIpc) is 2.71. The Kier molecular flexibility index (Phi) is 4.24. The molecule has 1 N–H and O–H groups in total. The van der Waals surface area contributed by atoms with Gasteiger partial charge in [-0.25, -0.2) is 0 Å². The standard InChI is InChI=1S/C16H30N4/c1-15(2,3)17-10-12-7-8-16(4,5)9-13(12)14-11-18-19-20(14)6/h11-13,17H,7-10H2,1-6H3. The smallest absolute Gasteiger partial charge is 0.0728 e. The van der Waals surface area contributed by atoms with Gasteiger partial charge in [-0.1, -0.05) is 19.1 Å². The molecule has 0 aromatic carbocycles. The summed E-state index contributed by atoms with van der Waals surface area (Å²) in [6.45, 7) is 12.6. The molecule has 2 unspecified atom stereocenters. The summed E-state index contributed by atoms with van der Waals surface area (Å²) in [5, 5.41) is 11.9. The second-order valence-electron chi connectivity index (χ2n) is 8.19. The Morgan fingerprint density at radius 2 is 2.10 bits per heavy atom. The van der Waals surface area contributed by atoms with Crippen molar-refractivity contribution in [2.75, 3.05) is 6.54 Å². The van der Waals surface area contributed by atoms with Gasteiger partial charge >= 0.3 is 0 Å². The monoisotopic (exact) mass is 278 g/mol. The molecule has 2 atom stereocenters. The van der Waals surface area contributed by atoms with Gasteiger partial charge in [-0.3, -0.25) is 4.68 Å². The molecule has 20 heavy (non-hydrogen) atoms. The lowest BCUT2D eigenvalue weighted by molar-refractivity contribution is 0.149. The van der Waals surface area contributed by atoms with Crippen LogP contribution in [0.1, 0.15) is 65.5 Å². The van der Waals surface area contributed by atoms with E-state index >= 15 is 0 Å². The Hall–Kier alpha value is -0.900. The van der Waals surface area contributed by atoms with E-state index in [1.807, 2.05) is 17.9 Å². The highest BCUT2D eigenvalue weighted by atomic mass is 15.4. The van der Waals surface area contributed by atoms with Crippen LogP contribution in [0.2, 0.25) is 0 Å². The van der Waals surface area contributed by atoms with E-state index in [4.69, 9.17) is 0 Å². The van der Waals surface area contributed by atoms with Crippen LogP contribution in [0.3, 0.4) is 0 Å². The van der Waals surface area contributed by atoms with Crippen LogP contribution in [0, 0.1) is 11.3 Å². The van der Waals surface area contributed by atoms with Crippen molar-refractivity contribution in [1.29, 1.82) is 0 Å². The van der Waals surface area contributed by atoms with E-state index in [1.54, 1.807) is 0 Å². The molecule has 0 saturated heterocycles. The van der Waals surface area contributed by atoms with Crippen LogP contribution in [0.5, 0.6) is 0 Å². The Balaban J connectivity index is 2.15. The number of nitrogens with one attached hydrogen (secondary N) is 1. The summed E-state index contributed by atoms with van der Waals surface area (Å²) < 4.78 is 1.95. The van der Waals surface area contributed by atoms with Crippen molar-refractivity contribution in [3.63, 3.8) is 0 Å². The van der Waals surface area contributed by atoms with Crippen LogP contribution >= 0.6 is 0 Å². The number of rotatable bonds is 3. The highest BCUT2D eigenvalue weighted by Crippen LogP contribution is 2.46.